The molecule has 5 atom stereocenters. The average molecular weight is 348 g/mol. The Hall–Kier alpha value is -2.21. The molecule has 6 heteroatoms. The summed E-state index contributed by atoms with van der Waals surface area (Å²) in [6, 6.07) is 0. The Morgan fingerprint density at radius 2 is 2.08 bits per heavy atom. The third-order valence-electron chi connectivity index (χ3n) is 4.64. The zero-order valence-corrected chi connectivity index (χ0v) is 14.8. The maximum atomic E-state index is 12.3. The van der Waals surface area contributed by atoms with Crippen molar-refractivity contribution in [1.82, 2.24) is 0 Å². The van der Waals surface area contributed by atoms with E-state index < -0.39 is 41.4 Å². The van der Waals surface area contributed by atoms with Crippen LogP contribution >= 0.6 is 0 Å². The molecule has 1 heterocycles. The number of allylic oxidation sites excluding steroid dienone is 1. The molecule has 0 aromatic carbocycles. The average Bonchev–Trinajstić information content (AvgIpc) is 2.77. The minimum Gasteiger partial charge on any atom is -0.458 e. The summed E-state index contributed by atoms with van der Waals surface area (Å²) in [5.74, 6) is -2.37. The number of hydrogen-bond acceptors (Lipinski definition) is 6. The normalized spacial score (nSPS) is 37.0. The molecule has 6 nitrogen and oxygen atoms in total. The molecule has 1 aliphatic carbocycles. The van der Waals surface area contributed by atoms with Crippen molar-refractivity contribution in [3.05, 3.63) is 36.5 Å². The highest BCUT2D eigenvalue weighted by atomic mass is 16.6. The van der Waals surface area contributed by atoms with Gasteiger partial charge in [0.1, 0.15) is 17.8 Å². The van der Waals surface area contributed by atoms with Crippen LogP contribution in [0.3, 0.4) is 0 Å². The van der Waals surface area contributed by atoms with Crippen molar-refractivity contribution < 1.29 is 29.0 Å². The summed E-state index contributed by atoms with van der Waals surface area (Å²) >= 11 is 0. The van der Waals surface area contributed by atoms with Gasteiger partial charge >= 0.3 is 11.9 Å². The first kappa shape index (κ1) is 19.1. The van der Waals surface area contributed by atoms with Gasteiger partial charge < -0.3 is 14.6 Å². The van der Waals surface area contributed by atoms with E-state index >= 15 is 0 Å². The summed E-state index contributed by atoms with van der Waals surface area (Å²) in [5.41, 5.74) is -1.38. The summed E-state index contributed by atoms with van der Waals surface area (Å²) in [6.45, 7) is 12.0. The van der Waals surface area contributed by atoms with Crippen LogP contribution in [0.2, 0.25) is 0 Å². The number of fused-ring (bicyclic) bond motifs is 1. The van der Waals surface area contributed by atoms with Crippen LogP contribution in [0, 0.1) is 11.8 Å². The van der Waals surface area contributed by atoms with Crippen LogP contribution in [0.4, 0.5) is 0 Å². The Bertz CT molecular complexity index is 657. The highest BCUT2D eigenvalue weighted by molar-refractivity contribution is 5.97. The summed E-state index contributed by atoms with van der Waals surface area (Å²) < 4.78 is 10.9. The molecule has 0 aromatic rings. The molecule has 0 bridgehead atoms. The fourth-order valence-electron chi connectivity index (χ4n) is 3.15. The molecule has 0 radical (unpaired) electrons. The number of esters is 2. The van der Waals surface area contributed by atoms with E-state index in [1.807, 2.05) is 6.92 Å². The number of carbonyl (C=O) groups excluding carboxylic acids is 3. The molecular weight excluding hydrogens is 324 g/mol. The number of aliphatic hydroxyl groups is 1. The third-order valence-corrected chi connectivity index (χ3v) is 4.64. The van der Waals surface area contributed by atoms with Crippen LogP contribution < -0.4 is 0 Å². The first-order chi connectivity index (χ1) is 11.5. The summed E-state index contributed by atoms with van der Waals surface area (Å²) in [6.07, 6.45) is 1.84. The van der Waals surface area contributed by atoms with Gasteiger partial charge in [0, 0.05) is 17.6 Å². The van der Waals surface area contributed by atoms with Gasteiger partial charge in [-0.15, -0.1) is 0 Å². The second-order valence-electron chi connectivity index (χ2n) is 7.13. The largest absolute Gasteiger partial charge is 0.458 e. The van der Waals surface area contributed by atoms with Crippen molar-refractivity contribution >= 4 is 17.7 Å². The van der Waals surface area contributed by atoms with E-state index in [1.165, 1.54) is 19.9 Å². The monoisotopic (exact) mass is 348 g/mol. The van der Waals surface area contributed by atoms with Crippen LogP contribution in [-0.4, -0.2) is 40.6 Å². The predicted molar refractivity (Wildman–Crippen MR) is 90.4 cm³/mol. The Balaban J connectivity index is 2.45. The van der Waals surface area contributed by atoms with Crippen LogP contribution in [0.15, 0.2) is 36.5 Å². The van der Waals surface area contributed by atoms with Gasteiger partial charge in [-0.1, -0.05) is 26.2 Å². The molecule has 1 saturated heterocycles. The van der Waals surface area contributed by atoms with Crippen LogP contribution in [0.5, 0.6) is 0 Å². The molecule has 0 unspecified atom stereocenters. The second kappa shape index (κ2) is 6.96. The van der Waals surface area contributed by atoms with Crippen LogP contribution in [-0.2, 0) is 23.9 Å². The maximum Gasteiger partial charge on any atom is 0.334 e. The molecule has 0 spiro atoms. The lowest BCUT2D eigenvalue weighted by molar-refractivity contribution is -0.155. The zero-order chi connectivity index (χ0) is 18.9. The van der Waals surface area contributed by atoms with E-state index in [2.05, 4.69) is 13.2 Å². The van der Waals surface area contributed by atoms with E-state index in [-0.39, 0.29) is 23.5 Å². The molecule has 1 fully saturated rings. The summed E-state index contributed by atoms with van der Waals surface area (Å²) in [5, 5.41) is 10.6. The van der Waals surface area contributed by atoms with Crippen LogP contribution in [0.1, 0.15) is 33.6 Å². The molecule has 136 valence electrons. The van der Waals surface area contributed by atoms with Crippen molar-refractivity contribution in [2.45, 2.75) is 51.4 Å². The molecule has 0 saturated carbocycles. The second-order valence-corrected chi connectivity index (χ2v) is 7.13. The van der Waals surface area contributed by atoms with E-state index in [9.17, 15) is 19.5 Å². The van der Waals surface area contributed by atoms with E-state index in [4.69, 9.17) is 9.47 Å². The van der Waals surface area contributed by atoms with Crippen molar-refractivity contribution in [2.75, 3.05) is 0 Å². The molecule has 0 aromatic heterocycles. The Labute approximate surface area is 147 Å². The maximum absolute atomic E-state index is 12.3. The van der Waals surface area contributed by atoms with Gasteiger partial charge in [0.05, 0.1) is 5.92 Å². The number of rotatable bonds is 2. The Morgan fingerprint density at radius 3 is 2.68 bits per heavy atom. The van der Waals surface area contributed by atoms with Crippen molar-refractivity contribution in [2.24, 2.45) is 11.8 Å². The standard InChI is InChI=1S/C19H24O6/c1-10(2)17(21)25-14-9-19(5,23)15(20)7-6-11(3)8-13-16(14)12(4)18(22)24-13/h6-7,11,13-14,16,23H,1,4,8-9H2,2-3,5H3/b7-6-/t11-,13-,14-,16+,19-/m1/s1. The summed E-state index contributed by atoms with van der Waals surface area (Å²) in [4.78, 5) is 36.3. The Kier molecular flexibility index (Phi) is 5.32. The lowest BCUT2D eigenvalue weighted by Gasteiger charge is -2.33. The SMILES string of the molecule is C=C(C)C(=O)O[C@@H]1C[C@@](C)(O)C(=O)/C=C\[C@@H](C)C[C@H]2OC(=O)C(=C)[C@H]12. The zero-order valence-electron chi connectivity index (χ0n) is 14.8. The number of ether oxygens (including phenoxy) is 2. The minimum atomic E-state index is -1.75. The highest BCUT2D eigenvalue weighted by Crippen LogP contribution is 2.38. The smallest absolute Gasteiger partial charge is 0.334 e. The molecule has 25 heavy (non-hydrogen) atoms. The number of ketones is 1. The Morgan fingerprint density at radius 1 is 1.44 bits per heavy atom. The van der Waals surface area contributed by atoms with Gasteiger partial charge in [-0.05, 0) is 32.3 Å². The lowest BCUT2D eigenvalue weighted by Crippen LogP contribution is -2.44. The fraction of sp³-hybridized carbons (Fsp3) is 0.526. The molecule has 1 aliphatic heterocycles. The quantitative estimate of drug-likeness (QED) is 0.605. The van der Waals surface area contributed by atoms with E-state index in [0.717, 1.165) is 0 Å². The first-order valence-electron chi connectivity index (χ1n) is 8.24. The topological polar surface area (TPSA) is 89.9 Å². The summed E-state index contributed by atoms with van der Waals surface area (Å²) in [7, 11) is 0. The first-order valence-corrected chi connectivity index (χ1v) is 8.24. The van der Waals surface area contributed by atoms with Crippen molar-refractivity contribution in [3.63, 3.8) is 0 Å². The molecule has 2 aliphatic rings. The number of carbonyl (C=O) groups is 3. The lowest BCUT2D eigenvalue weighted by atomic mass is 9.79. The molecular formula is C19H24O6. The molecule has 1 N–H and O–H groups in total. The van der Waals surface area contributed by atoms with Gasteiger partial charge in [0.2, 0.25) is 0 Å². The van der Waals surface area contributed by atoms with Crippen LogP contribution in [0.25, 0.3) is 0 Å². The van der Waals surface area contributed by atoms with E-state index in [1.54, 1.807) is 6.08 Å². The van der Waals surface area contributed by atoms with Gasteiger partial charge in [-0.25, -0.2) is 9.59 Å². The predicted octanol–water partition coefficient (Wildman–Crippen LogP) is 1.88. The van der Waals surface area contributed by atoms with E-state index in [0.29, 0.717) is 6.42 Å². The van der Waals surface area contributed by atoms with Gasteiger partial charge in [0.15, 0.2) is 5.78 Å². The third kappa shape index (κ3) is 4.07. The van der Waals surface area contributed by atoms with Gasteiger partial charge in [-0.3, -0.25) is 4.79 Å². The molecule has 0 amide bonds. The van der Waals surface area contributed by atoms with Crippen molar-refractivity contribution in [1.29, 1.82) is 0 Å². The fourth-order valence-corrected chi connectivity index (χ4v) is 3.15. The molecule has 2 rings (SSSR count). The van der Waals surface area contributed by atoms with Gasteiger partial charge in [0.25, 0.3) is 0 Å². The number of hydrogen-bond donors (Lipinski definition) is 1. The minimum absolute atomic E-state index is 0.0680. The highest BCUT2D eigenvalue weighted by Gasteiger charge is 2.48. The van der Waals surface area contributed by atoms with Gasteiger partial charge in [-0.2, -0.15) is 0 Å². The van der Waals surface area contributed by atoms with Crippen molar-refractivity contribution in [3.8, 4) is 0 Å².